The van der Waals surface area contributed by atoms with Gasteiger partial charge in [0.2, 0.25) is 0 Å². The molecule has 1 aliphatic carbocycles. The topological polar surface area (TPSA) is 75.2 Å². The predicted molar refractivity (Wildman–Crippen MR) is 82.8 cm³/mol. The van der Waals surface area contributed by atoms with Crippen molar-refractivity contribution in [1.82, 2.24) is 9.97 Å². The Bertz CT molecular complexity index is 898. The Hall–Kier alpha value is -2.40. The Labute approximate surface area is 126 Å². The number of fused-ring (bicyclic) bond motifs is 5. The van der Waals surface area contributed by atoms with Gasteiger partial charge in [-0.2, -0.15) is 0 Å². The smallest absolute Gasteiger partial charge is 0.356 e. The number of rotatable bonds is 2. The maximum absolute atomic E-state index is 11.9. The average molecular weight is 296 g/mol. The van der Waals surface area contributed by atoms with E-state index in [-0.39, 0.29) is 0 Å². The number of hydrogen-bond acceptors (Lipinski definition) is 4. The second kappa shape index (κ2) is 4.81. The van der Waals surface area contributed by atoms with E-state index >= 15 is 0 Å². The normalized spacial score (nSPS) is 17.1. The third-order valence-electron chi connectivity index (χ3n) is 4.30. The number of benzene rings is 1. The summed E-state index contributed by atoms with van der Waals surface area (Å²) in [4.78, 5) is 19.4. The Morgan fingerprint density at radius 3 is 3.14 bits per heavy atom. The number of esters is 1. The van der Waals surface area contributed by atoms with Gasteiger partial charge in [0.1, 0.15) is 5.69 Å². The molecule has 3 aromatic rings. The molecule has 1 aliphatic rings. The van der Waals surface area contributed by atoms with Gasteiger partial charge in [-0.3, -0.25) is 0 Å². The molecule has 0 saturated carbocycles. The Morgan fingerprint density at radius 1 is 1.45 bits per heavy atom. The second-order valence-corrected chi connectivity index (χ2v) is 5.57. The Balaban J connectivity index is 1.98. The van der Waals surface area contributed by atoms with Crippen LogP contribution in [0.25, 0.3) is 21.8 Å². The maximum Gasteiger partial charge on any atom is 0.356 e. The largest absolute Gasteiger partial charge is 0.461 e. The van der Waals surface area contributed by atoms with Crippen LogP contribution in [0.1, 0.15) is 41.1 Å². The highest BCUT2D eigenvalue weighted by Crippen LogP contribution is 2.39. The first-order chi connectivity index (χ1) is 10.7. The van der Waals surface area contributed by atoms with Crippen molar-refractivity contribution in [3.63, 3.8) is 0 Å². The number of nitrogens with zero attached hydrogens (tertiary/aromatic N) is 1. The number of aryl methyl sites for hydroxylation is 1. The molecule has 1 unspecified atom stereocenters. The summed E-state index contributed by atoms with van der Waals surface area (Å²) in [6, 6.07) is 5.73. The van der Waals surface area contributed by atoms with Crippen molar-refractivity contribution in [3.05, 3.63) is 41.2 Å². The van der Waals surface area contributed by atoms with Crippen LogP contribution in [0.15, 0.2) is 24.4 Å². The van der Waals surface area contributed by atoms with Crippen LogP contribution in [0.5, 0.6) is 0 Å². The lowest BCUT2D eigenvalue weighted by Crippen LogP contribution is -2.06. The number of carbonyl (C=O) groups is 1. The summed E-state index contributed by atoms with van der Waals surface area (Å²) in [5.41, 5.74) is 4.36. The SMILES string of the molecule is CCOC(=O)c1cc2c(cn1)[nH]c1ccc3c(c12)CCC3O. The molecule has 0 saturated heterocycles. The highest BCUT2D eigenvalue weighted by atomic mass is 16.5. The molecule has 0 amide bonds. The van der Waals surface area contributed by atoms with Gasteiger partial charge >= 0.3 is 5.97 Å². The number of aromatic nitrogens is 2. The van der Waals surface area contributed by atoms with Gasteiger partial charge in [-0.15, -0.1) is 0 Å². The quantitative estimate of drug-likeness (QED) is 0.713. The summed E-state index contributed by atoms with van der Waals surface area (Å²) >= 11 is 0. The van der Waals surface area contributed by atoms with Gasteiger partial charge < -0.3 is 14.8 Å². The Morgan fingerprint density at radius 2 is 2.32 bits per heavy atom. The molecule has 5 heteroatoms. The van der Waals surface area contributed by atoms with Gasteiger partial charge in [-0.25, -0.2) is 9.78 Å². The highest BCUT2D eigenvalue weighted by molar-refractivity contribution is 6.10. The number of ether oxygens (including phenoxy) is 1. The summed E-state index contributed by atoms with van der Waals surface area (Å²) < 4.78 is 5.02. The number of carbonyl (C=O) groups excluding carboxylic acids is 1. The van der Waals surface area contributed by atoms with Crippen LogP contribution in [-0.4, -0.2) is 27.7 Å². The van der Waals surface area contributed by atoms with Crippen LogP contribution in [0.3, 0.4) is 0 Å². The molecule has 2 heterocycles. The minimum atomic E-state index is -0.411. The molecule has 0 bridgehead atoms. The third-order valence-corrected chi connectivity index (χ3v) is 4.30. The molecule has 112 valence electrons. The zero-order chi connectivity index (χ0) is 15.3. The molecular weight excluding hydrogens is 280 g/mol. The van der Waals surface area contributed by atoms with Crippen LogP contribution < -0.4 is 0 Å². The fourth-order valence-corrected chi connectivity index (χ4v) is 3.32. The van der Waals surface area contributed by atoms with Crippen molar-refractivity contribution in [2.24, 2.45) is 0 Å². The second-order valence-electron chi connectivity index (χ2n) is 5.57. The average Bonchev–Trinajstić information content (AvgIpc) is 3.07. The van der Waals surface area contributed by atoms with Gasteiger partial charge in [0.25, 0.3) is 0 Å². The molecule has 2 N–H and O–H groups in total. The molecule has 0 aliphatic heterocycles. The number of aliphatic hydroxyl groups is 1. The molecule has 0 spiro atoms. The first-order valence-corrected chi connectivity index (χ1v) is 7.47. The van der Waals surface area contributed by atoms with E-state index in [1.807, 2.05) is 12.1 Å². The van der Waals surface area contributed by atoms with Gasteiger partial charge in [-0.1, -0.05) is 6.07 Å². The lowest BCUT2D eigenvalue weighted by molar-refractivity contribution is 0.0519. The molecule has 5 nitrogen and oxygen atoms in total. The fraction of sp³-hybridized carbons (Fsp3) is 0.294. The summed E-state index contributed by atoms with van der Waals surface area (Å²) in [7, 11) is 0. The van der Waals surface area contributed by atoms with Crippen LogP contribution in [0.4, 0.5) is 0 Å². The first-order valence-electron chi connectivity index (χ1n) is 7.47. The summed E-state index contributed by atoms with van der Waals surface area (Å²) in [6.07, 6.45) is 2.87. The van der Waals surface area contributed by atoms with E-state index in [2.05, 4.69) is 9.97 Å². The molecule has 2 aromatic heterocycles. The number of hydrogen-bond donors (Lipinski definition) is 2. The highest BCUT2D eigenvalue weighted by Gasteiger charge is 2.24. The van der Waals surface area contributed by atoms with Gasteiger partial charge in [0, 0.05) is 16.3 Å². The van der Waals surface area contributed by atoms with Crippen molar-refractivity contribution in [2.45, 2.75) is 25.9 Å². The van der Waals surface area contributed by atoms with Crippen molar-refractivity contribution in [2.75, 3.05) is 6.61 Å². The molecular formula is C17H16N2O3. The van der Waals surface area contributed by atoms with Crippen LogP contribution in [-0.2, 0) is 11.2 Å². The number of pyridine rings is 1. The first kappa shape index (κ1) is 13.3. The van der Waals surface area contributed by atoms with Crippen molar-refractivity contribution >= 4 is 27.8 Å². The minimum Gasteiger partial charge on any atom is -0.461 e. The monoisotopic (exact) mass is 296 g/mol. The Kier molecular flexibility index (Phi) is 2.90. The van der Waals surface area contributed by atoms with E-state index in [0.717, 1.165) is 45.8 Å². The van der Waals surface area contributed by atoms with Gasteiger partial charge in [-0.05, 0) is 43.0 Å². The molecule has 0 radical (unpaired) electrons. The van der Waals surface area contributed by atoms with E-state index < -0.39 is 12.1 Å². The molecule has 4 rings (SSSR count). The number of H-pyrrole nitrogens is 1. The standard InChI is InChI=1S/C17H16N2O3/c1-2-22-17(21)13-7-11-14(8-18-13)19-12-5-3-9-10(16(11)12)4-6-15(9)20/h3,5,7-8,15,19-20H,2,4,6H2,1H3. The van der Waals surface area contributed by atoms with Crippen molar-refractivity contribution in [1.29, 1.82) is 0 Å². The van der Waals surface area contributed by atoms with Crippen LogP contribution >= 0.6 is 0 Å². The number of nitrogens with one attached hydrogen (secondary N) is 1. The summed E-state index contributed by atoms with van der Waals surface area (Å²) in [5, 5.41) is 12.1. The molecule has 1 aromatic carbocycles. The number of aliphatic hydroxyl groups excluding tert-OH is 1. The fourth-order valence-electron chi connectivity index (χ4n) is 3.32. The lowest BCUT2D eigenvalue weighted by atomic mass is 10.0. The van der Waals surface area contributed by atoms with E-state index in [4.69, 9.17) is 4.74 Å². The molecule has 1 atom stereocenters. The zero-order valence-electron chi connectivity index (χ0n) is 12.2. The van der Waals surface area contributed by atoms with E-state index in [9.17, 15) is 9.90 Å². The van der Waals surface area contributed by atoms with E-state index in [1.54, 1.807) is 19.2 Å². The van der Waals surface area contributed by atoms with Crippen LogP contribution in [0, 0.1) is 0 Å². The lowest BCUT2D eigenvalue weighted by Gasteiger charge is -2.05. The molecule has 0 fully saturated rings. The van der Waals surface area contributed by atoms with Crippen molar-refractivity contribution in [3.8, 4) is 0 Å². The van der Waals surface area contributed by atoms with Gasteiger partial charge in [0.05, 0.1) is 24.4 Å². The van der Waals surface area contributed by atoms with Gasteiger partial charge in [0.15, 0.2) is 0 Å². The van der Waals surface area contributed by atoms with E-state index in [1.165, 1.54) is 0 Å². The zero-order valence-corrected chi connectivity index (χ0v) is 12.2. The van der Waals surface area contributed by atoms with E-state index in [0.29, 0.717) is 12.3 Å². The maximum atomic E-state index is 11.9. The van der Waals surface area contributed by atoms with Crippen LogP contribution in [0.2, 0.25) is 0 Å². The summed E-state index contributed by atoms with van der Waals surface area (Å²) in [5.74, 6) is -0.411. The summed E-state index contributed by atoms with van der Waals surface area (Å²) in [6.45, 7) is 2.10. The molecule has 22 heavy (non-hydrogen) atoms. The third kappa shape index (κ3) is 1.82. The number of aromatic amines is 1. The minimum absolute atomic E-state index is 0.311. The van der Waals surface area contributed by atoms with Crippen molar-refractivity contribution < 1.29 is 14.6 Å². The predicted octanol–water partition coefficient (Wildman–Crippen LogP) is 2.87.